The molecule has 4 aromatic rings. The van der Waals surface area contributed by atoms with E-state index in [2.05, 4.69) is 41.9 Å². The van der Waals surface area contributed by atoms with Crippen molar-refractivity contribution in [3.05, 3.63) is 57.8 Å². The zero-order chi connectivity index (χ0) is 22.1. The molecule has 4 rings (SSSR count). The molecule has 0 aliphatic rings. The lowest BCUT2D eigenvalue weighted by Gasteiger charge is -2.13. The van der Waals surface area contributed by atoms with Crippen molar-refractivity contribution in [1.82, 2.24) is 25.1 Å². The minimum absolute atomic E-state index is 0.210. The van der Waals surface area contributed by atoms with E-state index in [-0.39, 0.29) is 11.0 Å². The standard InChI is InChI=1S/C20H17BrN6O2S2/c1-10-8-13(18-26-27-11(2)24-25-20(27)31-18)4-6-15(10)22-19(30)23-17(28)12-5-7-16(29-3)14(21)9-12/h4-9H,1-3H3,(H2,22,23,28,30). The minimum atomic E-state index is -0.315. The summed E-state index contributed by atoms with van der Waals surface area (Å²) in [5, 5.41) is 19.5. The van der Waals surface area contributed by atoms with Crippen LogP contribution >= 0.6 is 39.5 Å². The largest absolute Gasteiger partial charge is 0.496 e. The van der Waals surface area contributed by atoms with Gasteiger partial charge in [-0.2, -0.15) is 9.61 Å². The zero-order valence-corrected chi connectivity index (χ0v) is 20.0. The van der Waals surface area contributed by atoms with Gasteiger partial charge in [-0.3, -0.25) is 10.1 Å². The van der Waals surface area contributed by atoms with Crippen LogP contribution in [-0.4, -0.2) is 37.9 Å². The summed E-state index contributed by atoms with van der Waals surface area (Å²) in [5.74, 6) is 1.08. The molecule has 0 radical (unpaired) electrons. The maximum absolute atomic E-state index is 12.5. The third-order valence-corrected chi connectivity index (χ3v) is 6.28. The molecule has 0 aliphatic heterocycles. The van der Waals surface area contributed by atoms with Crippen LogP contribution in [-0.2, 0) is 0 Å². The molecule has 31 heavy (non-hydrogen) atoms. The van der Waals surface area contributed by atoms with Crippen LogP contribution in [0, 0.1) is 13.8 Å². The molecule has 158 valence electrons. The number of fused-ring (bicyclic) bond motifs is 1. The van der Waals surface area contributed by atoms with Crippen LogP contribution in [0.5, 0.6) is 5.75 Å². The maximum atomic E-state index is 12.5. The Hall–Kier alpha value is -2.89. The first-order chi connectivity index (χ1) is 14.9. The topological polar surface area (TPSA) is 93.4 Å². The normalized spacial score (nSPS) is 10.8. The van der Waals surface area contributed by atoms with Crippen LogP contribution in [0.4, 0.5) is 5.69 Å². The Balaban J connectivity index is 1.45. The molecule has 0 bridgehead atoms. The molecule has 0 spiro atoms. The number of ether oxygens (including phenoxy) is 1. The number of anilines is 1. The quantitative estimate of drug-likeness (QED) is 0.389. The van der Waals surface area contributed by atoms with Gasteiger partial charge in [-0.15, -0.1) is 10.2 Å². The monoisotopic (exact) mass is 516 g/mol. The van der Waals surface area contributed by atoms with Crippen molar-refractivity contribution >= 4 is 61.2 Å². The van der Waals surface area contributed by atoms with E-state index >= 15 is 0 Å². The maximum Gasteiger partial charge on any atom is 0.257 e. The number of aromatic nitrogens is 4. The van der Waals surface area contributed by atoms with Gasteiger partial charge in [-0.1, -0.05) is 11.3 Å². The number of nitrogens with one attached hydrogen (secondary N) is 2. The molecule has 2 heterocycles. The Bertz CT molecular complexity index is 1320. The Labute approximate surface area is 195 Å². The highest BCUT2D eigenvalue weighted by Gasteiger charge is 2.13. The third-order valence-electron chi connectivity index (χ3n) is 4.51. The highest BCUT2D eigenvalue weighted by molar-refractivity contribution is 9.10. The van der Waals surface area contributed by atoms with Crippen molar-refractivity contribution < 1.29 is 9.53 Å². The molecule has 11 heteroatoms. The summed E-state index contributed by atoms with van der Waals surface area (Å²) in [6, 6.07) is 10.9. The molecular formula is C20H17BrN6O2S2. The van der Waals surface area contributed by atoms with E-state index in [0.29, 0.717) is 15.8 Å². The lowest BCUT2D eigenvalue weighted by atomic mass is 10.1. The average molecular weight is 517 g/mol. The zero-order valence-electron chi connectivity index (χ0n) is 16.8. The number of carbonyl (C=O) groups excluding carboxylic acids is 1. The molecule has 0 atom stereocenters. The Morgan fingerprint density at radius 3 is 2.68 bits per heavy atom. The molecule has 0 aliphatic carbocycles. The number of aryl methyl sites for hydroxylation is 2. The molecular weight excluding hydrogens is 500 g/mol. The second-order valence-electron chi connectivity index (χ2n) is 6.64. The molecule has 2 N–H and O–H groups in total. The highest BCUT2D eigenvalue weighted by atomic mass is 79.9. The highest BCUT2D eigenvalue weighted by Crippen LogP contribution is 2.29. The number of halogens is 1. The fraction of sp³-hybridized carbons (Fsp3) is 0.150. The van der Waals surface area contributed by atoms with Gasteiger partial charge in [0.05, 0.1) is 11.6 Å². The predicted molar refractivity (Wildman–Crippen MR) is 128 cm³/mol. The van der Waals surface area contributed by atoms with Gasteiger partial charge in [0.2, 0.25) is 4.96 Å². The molecule has 2 aromatic heterocycles. The van der Waals surface area contributed by atoms with Crippen LogP contribution in [0.3, 0.4) is 0 Å². The van der Waals surface area contributed by atoms with Gasteiger partial charge in [-0.25, -0.2) is 0 Å². The average Bonchev–Trinajstić information content (AvgIpc) is 3.31. The van der Waals surface area contributed by atoms with Crippen molar-refractivity contribution in [2.24, 2.45) is 0 Å². The summed E-state index contributed by atoms with van der Waals surface area (Å²) in [7, 11) is 1.57. The summed E-state index contributed by atoms with van der Waals surface area (Å²) >= 11 is 10.2. The molecule has 1 amide bonds. The Morgan fingerprint density at radius 2 is 2.00 bits per heavy atom. The van der Waals surface area contributed by atoms with Gasteiger partial charge in [0, 0.05) is 16.8 Å². The first-order valence-electron chi connectivity index (χ1n) is 9.11. The SMILES string of the molecule is COc1ccc(C(=O)NC(=S)Nc2ccc(-c3nn4c(C)nnc4s3)cc2C)cc1Br. The first kappa shape index (κ1) is 21.3. The number of hydrogen-bond acceptors (Lipinski definition) is 7. The smallest absolute Gasteiger partial charge is 0.257 e. The van der Waals surface area contributed by atoms with Crippen molar-refractivity contribution in [3.63, 3.8) is 0 Å². The Morgan fingerprint density at radius 1 is 1.19 bits per heavy atom. The molecule has 0 saturated heterocycles. The first-order valence-corrected chi connectivity index (χ1v) is 11.1. The van der Waals surface area contributed by atoms with E-state index in [1.54, 1.807) is 29.8 Å². The van der Waals surface area contributed by atoms with E-state index in [4.69, 9.17) is 17.0 Å². The molecule has 0 fully saturated rings. The van der Waals surface area contributed by atoms with Gasteiger partial charge in [0.1, 0.15) is 10.8 Å². The molecule has 8 nitrogen and oxygen atoms in total. The summed E-state index contributed by atoms with van der Waals surface area (Å²) in [5.41, 5.74) is 3.19. The number of carbonyl (C=O) groups is 1. The van der Waals surface area contributed by atoms with E-state index < -0.39 is 0 Å². The lowest BCUT2D eigenvalue weighted by Crippen LogP contribution is -2.34. The second-order valence-corrected chi connectivity index (χ2v) is 8.85. The summed E-state index contributed by atoms with van der Waals surface area (Å²) in [6.45, 7) is 3.82. The van der Waals surface area contributed by atoms with Crippen LogP contribution in [0.1, 0.15) is 21.7 Å². The number of thiocarbonyl (C=S) groups is 1. The minimum Gasteiger partial charge on any atom is -0.496 e. The Kier molecular flexibility index (Phi) is 5.99. The van der Waals surface area contributed by atoms with Crippen LogP contribution in [0.25, 0.3) is 15.5 Å². The predicted octanol–water partition coefficient (Wildman–Crippen LogP) is 4.37. The lowest BCUT2D eigenvalue weighted by molar-refractivity contribution is 0.0977. The molecule has 2 aromatic carbocycles. The number of hydrogen-bond donors (Lipinski definition) is 2. The van der Waals surface area contributed by atoms with E-state index in [0.717, 1.165) is 32.6 Å². The van der Waals surface area contributed by atoms with Crippen molar-refractivity contribution in [3.8, 4) is 16.3 Å². The number of nitrogens with zero attached hydrogens (tertiary/aromatic N) is 4. The summed E-state index contributed by atoms with van der Waals surface area (Å²) in [6.07, 6.45) is 0. The van der Waals surface area contributed by atoms with Gasteiger partial charge in [-0.05, 0) is 84.0 Å². The summed E-state index contributed by atoms with van der Waals surface area (Å²) in [4.78, 5) is 13.2. The third kappa shape index (κ3) is 4.43. The van der Waals surface area contributed by atoms with Gasteiger partial charge in [0.15, 0.2) is 10.9 Å². The van der Waals surface area contributed by atoms with Crippen molar-refractivity contribution in [1.29, 1.82) is 0 Å². The number of amides is 1. The van der Waals surface area contributed by atoms with Crippen molar-refractivity contribution in [2.45, 2.75) is 13.8 Å². The van der Waals surface area contributed by atoms with E-state index in [9.17, 15) is 4.79 Å². The number of benzene rings is 2. The van der Waals surface area contributed by atoms with Crippen LogP contribution in [0.2, 0.25) is 0 Å². The number of rotatable bonds is 4. The fourth-order valence-electron chi connectivity index (χ4n) is 2.90. The fourth-order valence-corrected chi connectivity index (χ4v) is 4.53. The second kappa shape index (κ2) is 8.69. The van der Waals surface area contributed by atoms with Gasteiger partial charge < -0.3 is 10.1 Å². The van der Waals surface area contributed by atoms with E-state index in [1.165, 1.54) is 11.3 Å². The van der Waals surface area contributed by atoms with Gasteiger partial charge >= 0.3 is 0 Å². The molecule has 0 saturated carbocycles. The number of methoxy groups -OCH3 is 1. The van der Waals surface area contributed by atoms with Crippen molar-refractivity contribution in [2.75, 3.05) is 12.4 Å². The van der Waals surface area contributed by atoms with Crippen LogP contribution in [0.15, 0.2) is 40.9 Å². The van der Waals surface area contributed by atoms with E-state index in [1.807, 2.05) is 32.0 Å². The van der Waals surface area contributed by atoms with Crippen LogP contribution < -0.4 is 15.4 Å². The summed E-state index contributed by atoms with van der Waals surface area (Å²) < 4.78 is 7.60. The molecule has 0 unspecified atom stereocenters. The van der Waals surface area contributed by atoms with Gasteiger partial charge in [0.25, 0.3) is 5.91 Å².